The van der Waals surface area contributed by atoms with Gasteiger partial charge in [0.25, 0.3) is 5.91 Å². The highest BCUT2D eigenvalue weighted by molar-refractivity contribution is 6.09. The van der Waals surface area contributed by atoms with Crippen LogP contribution in [0.5, 0.6) is 0 Å². The Morgan fingerprint density at radius 1 is 1.11 bits per heavy atom. The Balaban J connectivity index is 1.40. The summed E-state index contributed by atoms with van der Waals surface area (Å²) in [5.74, 6) is -1.47. The second-order valence-corrected chi connectivity index (χ2v) is 8.22. The zero-order chi connectivity index (χ0) is 19.8. The topological polar surface area (TPSA) is 75.9 Å². The predicted octanol–water partition coefficient (Wildman–Crippen LogP) is 2.30. The number of ether oxygens (including phenoxy) is 1. The molecule has 152 valence electrons. The minimum atomic E-state index is -0.757. The predicted molar refractivity (Wildman–Crippen MR) is 102 cm³/mol. The maximum Gasteiger partial charge on any atom is 0.255 e. The molecule has 1 saturated carbocycles. The Morgan fingerprint density at radius 3 is 2.39 bits per heavy atom. The summed E-state index contributed by atoms with van der Waals surface area (Å²) < 4.78 is 19.3. The highest BCUT2D eigenvalue weighted by Gasteiger charge is 2.38. The minimum absolute atomic E-state index is 0.00478. The van der Waals surface area contributed by atoms with Crippen molar-refractivity contribution in [3.05, 3.63) is 34.6 Å². The lowest BCUT2D eigenvalue weighted by Gasteiger charge is -2.42. The molecule has 6 nitrogen and oxygen atoms in total. The second-order valence-electron chi connectivity index (χ2n) is 8.22. The number of nitrogens with two attached hydrogens (primary N) is 1. The number of fused-ring (bicyclic) bond motifs is 1. The van der Waals surface area contributed by atoms with Gasteiger partial charge in [0.2, 0.25) is 5.91 Å². The van der Waals surface area contributed by atoms with Crippen LogP contribution in [0.2, 0.25) is 0 Å². The van der Waals surface area contributed by atoms with Gasteiger partial charge in [-0.3, -0.25) is 9.59 Å². The van der Waals surface area contributed by atoms with Gasteiger partial charge in [0.15, 0.2) is 0 Å². The summed E-state index contributed by atoms with van der Waals surface area (Å²) in [6.45, 7) is 2.28. The third kappa shape index (κ3) is 3.53. The summed E-state index contributed by atoms with van der Waals surface area (Å²) in [6, 6.07) is 3.15. The molecule has 0 aromatic heterocycles. The first-order valence-electron chi connectivity index (χ1n) is 10.2. The summed E-state index contributed by atoms with van der Waals surface area (Å²) in [4.78, 5) is 29.0. The van der Waals surface area contributed by atoms with Crippen LogP contribution in [-0.4, -0.2) is 60.0 Å². The number of piperidine rings is 1. The molecule has 0 atom stereocenters. The summed E-state index contributed by atoms with van der Waals surface area (Å²) in [6.07, 6.45) is 6.76. The fraction of sp³-hybridized carbons (Fsp3) is 0.619. The van der Waals surface area contributed by atoms with Gasteiger partial charge in [-0.25, -0.2) is 4.39 Å². The zero-order valence-electron chi connectivity index (χ0n) is 16.3. The number of halogens is 1. The van der Waals surface area contributed by atoms with Crippen LogP contribution >= 0.6 is 0 Å². The number of likely N-dealkylation sites (tertiary alicyclic amines) is 1. The van der Waals surface area contributed by atoms with Crippen LogP contribution in [0.25, 0.3) is 0 Å². The average molecular weight is 389 g/mol. The Kier molecular flexibility index (Phi) is 5.38. The first-order chi connectivity index (χ1) is 13.5. The van der Waals surface area contributed by atoms with Gasteiger partial charge in [-0.05, 0) is 56.2 Å². The van der Waals surface area contributed by atoms with Crippen LogP contribution in [0.15, 0.2) is 12.1 Å². The normalized spacial score (nSPS) is 26.5. The van der Waals surface area contributed by atoms with Crippen LogP contribution < -0.4 is 5.73 Å². The lowest BCUT2D eigenvalue weighted by Crippen LogP contribution is -2.49. The molecule has 0 radical (unpaired) electrons. The number of rotatable bonds is 4. The van der Waals surface area contributed by atoms with E-state index < -0.39 is 11.7 Å². The first-order valence-corrected chi connectivity index (χ1v) is 10.2. The quantitative estimate of drug-likeness (QED) is 0.857. The van der Waals surface area contributed by atoms with Crippen molar-refractivity contribution in [2.75, 3.05) is 20.2 Å². The lowest BCUT2D eigenvalue weighted by atomic mass is 9.90. The molecule has 2 fully saturated rings. The molecule has 0 bridgehead atoms. The third-order valence-corrected chi connectivity index (χ3v) is 6.70. The van der Waals surface area contributed by atoms with Gasteiger partial charge in [0, 0.05) is 38.8 Å². The van der Waals surface area contributed by atoms with Gasteiger partial charge < -0.3 is 20.3 Å². The van der Waals surface area contributed by atoms with E-state index in [1.165, 1.54) is 18.9 Å². The van der Waals surface area contributed by atoms with Crippen LogP contribution in [0.3, 0.4) is 0 Å². The van der Waals surface area contributed by atoms with Crippen LogP contribution in [-0.2, 0) is 11.3 Å². The van der Waals surface area contributed by atoms with Gasteiger partial charge in [0.1, 0.15) is 5.82 Å². The Labute approximate surface area is 164 Å². The fourth-order valence-electron chi connectivity index (χ4n) is 5.14. The molecule has 1 saturated heterocycles. The van der Waals surface area contributed by atoms with E-state index in [0.29, 0.717) is 24.3 Å². The highest BCUT2D eigenvalue weighted by Crippen LogP contribution is 2.33. The second kappa shape index (κ2) is 7.79. The van der Waals surface area contributed by atoms with E-state index in [2.05, 4.69) is 4.90 Å². The molecular formula is C21H28FN3O3. The molecule has 1 aromatic carbocycles. The summed E-state index contributed by atoms with van der Waals surface area (Å²) >= 11 is 0. The van der Waals surface area contributed by atoms with E-state index in [-0.39, 0.29) is 23.1 Å². The molecule has 4 rings (SSSR count). The zero-order valence-corrected chi connectivity index (χ0v) is 16.3. The molecule has 2 aliphatic heterocycles. The largest absolute Gasteiger partial charge is 0.381 e. The summed E-state index contributed by atoms with van der Waals surface area (Å²) in [5.41, 5.74) is 6.22. The maximum atomic E-state index is 13.8. The van der Waals surface area contributed by atoms with E-state index in [4.69, 9.17) is 10.5 Å². The lowest BCUT2D eigenvalue weighted by molar-refractivity contribution is 0.0217. The molecule has 3 aliphatic rings. The first kappa shape index (κ1) is 19.3. The smallest absolute Gasteiger partial charge is 0.255 e. The van der Waals surface area contributed by atoms with E-state index >= 15 is 0 Å². The SMILES string of the molecule is CO[C@H]1CC[C@H](N2CCC(N3Cc4cc(F)cc(C(N)=O)c4C3=O)CC2)CC1. The summed E-state index contributed by atoms with van der Waals surface area (Å²) in [7, 11) is 1.79. The molecule has 0 spiro atoms. The van der Waals surface area contributed by atoms with Gasteiger partial charge >= 0.3 is 0 Å². The number of carbonyl (C=O) groups excluding carboxylic acids is 2. The van der Waals surface area contributed by atoms with Crippen LogP contribution in [0, 0.1) is 5.82 Å². The highest BCUT2D eigenvalue weighted by atomic mass is 19.1. The molecule has 7 heteroatoms. The Bertz CT molecular complexity index is 768. The van der Waals surface area contributed by atoms with Crippen LogP contribution in [0.4, 0.5) is 4.39 Å². The monoisotopic (exact) mass is 389 g/mol. The molecule has 28 heavy (non-hydrogen) atoms. The number of benzene rings is 1. The number of methoxy groups -OCH3 is 1. The van der Waals surface area contributed by atoms with Crippen molar-refractivity contribution >= 4 is 11.8 Å². The van der Waals surface area contributed by atoms with Crippen molar-refractivity contribution in [1.82, 2.24) is 9.80 Å². The standard InChI is InChI=1S/C21H28FN3O3/c1-28-17-4-2-15(3-5-17)24-8-6-16(7-9-24)25-12-13-10-14(22)11-18(20(23)26)19(13)21(25)27/h10-11,15-17H,2-9,12H2,1H3,(H2,23,26)/t15-,17-. The number of nitrogens with zero attached hydrogens (tertiary/aromatic N) is 2. The van der Waals surface area contributed by atoms with Crippen molar-refractivity contribution in [3.63, 3.8) is 0 Å². The average Bonchev–Trinajstić information content (AvgIpc) is 3.03. The van der Waals surface area contributed by atoms with Crippen LogP contribution in [0.1, 0.15) is 64.8 Å². The summed E-state index contributed by atoms with van der Waals surface area (Å²) in [5, 5.41) is 0. The maximum absolute atomic E-state index is 13.8. The van der Waals surface area contributed by atoms with Gasteiger partial charge in [0.05, 0.1) is 17.2 Å². The molecular weight excluding hydrogens is 361 g/mol. The molecule has 2 heterocycles. The van der Waals surface area contributed by atoms with Gasteiger partial charge in [-0.2, -0.15) is 0 Å². The minimum Gasteiger partial charge on any atom is -0.381 e. The van der Waals surface area contributed by atoms with E-state index in [1.807, 2.05) is 0 Å². The van der Waals surface area contributed by atoms with Crippen molar-refractivity contribution in [3.8, 4) is 0 Å². The molecule has 1 aliphatic carbocycles. The number of hydrogen-bond acceptors (Lipinski definition) is 4. The van der Waals surface area contributed by atoms with Gasteiger partial charge in [-0.15, -0.1) is 0 Å². The Morgan fingerprint density at radius 2 is 1.79 bits per heavy atom. The molecule has 1 aromatic rings. The molecule has 2 N–H and O–H groups in total. The third-order valence-electron chi connectivity index (χ3n) is 6.70. The van der Waals surface area contributed by atoms with Gasteiger partial charge in [-0.1, -0.05) is 0 Å². The van der Waals surface area contributed by atoms with E-state index in [9.17, 15) is 14.0 Å². The van der Waals surface area contributed by atoms with Crippen molar-refractivity contribution < 1.29 is 18.7 Å². The number of amides is 2. The molecule has 2 amide bonds. The van der Waals surface area contributed by atoms with Crippen molar-refractivity contribution in [1.29, 1.82) is 0 Å². The number of hydrogen-bond donors (Lipinski definition) is 1. The number of carbonyl (C=O) groups is 2. The molecule has 0 unspecified atom stereocenters. The van der Waals surface area contributed by atoms with E-state index in [0.717, 1.165) is 44.8 Å². The van der Waals surface area contributed by atoms with E-state index in [1.54, 1.807) is 12.0 Å². The van der Waals surface area contributed by atoms with Crippen molar-refractivity contribution in [2.45, 2.75) is 63.3 Å². The van der Waals surface area contributed by atoms with Crippen molar-refractivity contribution in [2.24, 2.45) is 5.73 Å². The fourth-order valence-corrected chi connectivity index (χ4v) is 5.14. The number of primary amides is 1. The Hall–Kier alpha value is -1.99.